The number of rotatable bonds is 2. The van der Waals surface area contributed by atoms with Gasteiger partial charge in [-0.1, -0.05) is 18.2 Å². The van der Waals surface area contributed by atoms with Gasteiger partial charge in [0.2, 0.25) is 0 Å². The Labute approximate surface area is 187 Å². The van der Waals surface area contributed by atoms with E-state index in [9.17, 15) is 0 Å². The molecule has 7 nitrogen and oxygen atoms in total. The molecular weight excluding hydrogens is 404 g/mol. The van der Waals surface area contributed by atoms with E-state index in [-0.39, 0.29) is 12.0 Å². The number of anilines is 2. The normalized spacial score (nSPS) is 21.5. The predicted octanol–water partition coefficient (Wildman–Crippen LogP) is 3.70. The van der Waals surface area contributed by atoms with Crippen molar-refractivity contribution < 1.29 is 14.2 Å². The molecule has 2 unspecified atom stereocenters. The first-order chi connectivity index (χ1) is 15.8. The van der Waals surface area contributed by atoms with Crippen LogP contribution in [0.3, 0.4) is 0 Å². The van der Waals surface area contributed by atoms with Gasteiger partial charge in [0.1, 0.15) is 24.7 Å². The number of nitrogens with zero attached hydrogens (tertiary/aromatic N) is 1. The minimum absolute atomic E-state index is 0.0423. The van der Waals surface area contributed by atoms with Crippen molar-refractivity contribution in [2.24, 2.45) is 0 Å². The molecule has 0 saturated heterocycles. The van der Waals surface area contributed by atoms with Crippen molar-refractivity contribution in [3.05, 3.63) is 71.4 Å². The maximum Gasteiger partial charge on any atom is 0.169 e. The predicted molar refractivity (Wildman–Crippen MR) is 123 cm³/mol. The first-order valence-electron chi connectivity index (χ1n) is 11.1. The van der Waals surface area contributed by atoms with Crippen LogP contribution in [0.5, 0.6) is 17.2 Å². The van der Waals surface area contributed by atoms with Crippen molar-refractivity contribution >= 4 is 11.5 Å². The lowest BCUT2D eigenvalue weighted by Gasteiger charge is -2.27. The van der Waals surface area contributed by atoms with Crippen LogP contribution < -0.4 is 30.2 Å². The molecule has 0 amide bonds. The van der Waals surface area contributed by atoms with E-state index < -0.39 is 0 Å². The molecule has 6 rings (SSSR count). The molecule has 0 saturated carbocycles. The van der Waals surface area contributed by atoms with Crippen molar-refractivity contribution in [3.63, 3.8) is 0 Å². The Morgan fingerprint density at radius 2 is 1.78 bits per heavy atom. The third-order valence-electron chi connectivity index (χ3n) is 6.28. The highest BCUT2D eigenvalue weighted by Gasteiger charge is 2.24. The lowest BCUT2D eigenvalue weighted by Crippen LogP contribution is -2.24. The average Bonchev–Trinajstić information content (AvgIpc) is 3.21. The number of hydrogen-bond acceptors (Lipinski definition) is 7. The van der Waals surface area contributed by atoms with E-state index in [1.165, 1.54) is 11.1 Å². The van der Waals surface area contributed by atoms with Crippen LogP contribution in [-0.4, -0.2) is 37.9 Å². The highest BCUT2D eigenvalue weighted by molar-refractivity contribution is 5.61. The molecule has 0 radical (unpaired) electrons. The summed E-state index contributed by atoms with van der Waals surface area (Å²) in [6.07, 6.45) is 1.77. The molecule has 3 aromatic rings. The summed E-state index contributed by atoms with van der Waals surface area (Å²) in [4.78, 5) is 4.39. The molecule has 1 aromatic heterocycles. The third kappa shape index (κ3) is 3.69. The van der Waals surface area contributed by atoms with Gasteiger partial charge >= 0.3 is 0 Å². The molecule has 4 heterocycles. The summed E-state index contributed by atoms with van der Waals surface area (Å²) in [5.74, 6) is 3.69. The fraction of sp³-hybridized carbons (Fsp3) is 0.320. The number of benzene rings is 2. The molecule has 0 spiro atoms. The van der Waals surface area contributed by atoms with Crippen LogP contribution in [0.25, 0.3) is 0 Å². The summed E-state index contributed by atoms with van der Waals surface area (Å²) < 4.78 is 17.9. The molecule has 2 aromatic carbocycles. The number of aromatic nitrogens is 1. The maximum atomic E-state index is 6.21. The van der Waals surface area contributed by atoms with Crippen LogP contribution >= 0.6 is 0 Å². The highest BCUT2D eigenvalue weighted by Crippen LogP contribution is 2.37. The Morgan fingerprint density at radius 1 is 0.875 bits per heavy atom. The van der Waals surface area contributed by atoms with Gasteiger partial charge in [-0.05, 0) is 41.5 Å². The Morgan fingerprint density at radius 3 is 2.78 bits per heavy atom. The molecule has 3 aliphatic heterocycles. The van der Waals surface area contributed by atoms with Crippen LogP contribution in [0.1, 0.15) is 28.7 Å². The Balaban J connectivity index is 1.19. The summed E-state index contributed by atoms with van der Waals surface area (Å²) in [6, 6.07) is 16.7. The SMILES string of the molecule is c1cnc2c(c1)OCC(c1ccc3c(c1)NCC(c1ccc4c(c1)CNCCO4)CO3)N2. The van der Waals surface area contributed by atoms with Gasteiger partial charge < -0.3 is 30.2 Å². The van der Waals surface area contributed by atoms with Crippen molar-refractivity contribution in [1.29, 1.82) is 0 Å². The van der Waals surface area contributed by atoms with E-state index in [4.69, 9.17) is 14.2 Å². The molecule has 164 valence electrons. The molecule has 0 fully saturated rings. The first-order valence-corrected chi connectivity index (χ1v) is 11.1. The molecule has 0 aliphatic carbocycles. The van der Waals surface area contributed by atoms with E-state index in [0.717, 1.165) is 54.0 Å². The van der Waals surface area contributed by atoms with Crippen molar-refractivity contribution in [2.45, 2.75) is 18.5 Å². The minimum atomic E-state index is 0.0423. The lowest BCUT2D eigenvalue weighted by atomic mass is 9.97. The summed E-state index contributed by atoms with van der Waals surface area (Å²) in [6.45, 7) is 4.42. The Kier molecular flexibility index (Phi) is 4.96. The van der Waals surface area contributed by atoms with Crippen LogP contribution in [0.2, 0.25) is 0 Å². The fourth-order valence-electron chi connectivity index (χ4n) is 4.49. The van der Waals surface area contributed by atoms with E-state index in [0.29, 0.717) is 19.8 Å². The molecule has 2 atom stereocenters. The van der Waals surface area contributed by atoms with Crippen molar-refractivity contribution in [3.8, 4) is 17.2 Å². The third-order valence-corrected chi connectivity index (χ3v) is 6.28. The van der Waals surface area contributed by atoms with Gasteiger partial charge in [-0.25, -0.2) is 4.98 Å². The first kappa shape index (κ1) is 19.3. The monoisotopic (exact) mass is 430 g/mol. The van der Waals surface area contributed by atoms with Crippen LogP contribution in [-0.2, 0) is 6.54 Å². The number of ether oxygens (including phenoxy) is 3. The van der Waals surface area contributed by atoms with Gasteiger partial charge in [-0.15, -0.1) is 0 Å². The highest BCUT2D eigenvalue weighted by atomic mass is 16.5. The zero-order chi connectivity index (χ0) is 21.3. The average molecular weight is 431 g/mol. The van der Waals surface area contributed by atoms with E-state index in [1.54, 1.807) is 6.20 Å². The zero-order valence-corrected chi connectivity index (χ0v) is 17.8. The minimum Gasteiger partial charge on any atom is -0.492 e. The quantitative estimate of drug-likeness (QED) is 0.572. The molecule has 7 heteroatoms. The van der Waals surface area contributed by atoms with Gasteiger partial charge in [0, 0.05) is 37.3 Å². The lowest BCUT2D eigenvalue weighted by molar-refractivity contribution is 0.284. The van der Waals surface area contributed by atoms with Crippen LogP contribution in [0, 0.1) is 0 Å². The second-order valence-electron chi connectivity index (χ2n) is 8.39. The number of fused-ring (bicyclic) bond motifs is 3. The standard InChI is InChI=1S/C25H26N4O3/c1-2-24-25(27-7-1)29-21(15-32-24)17-4-6-23-20(11-17)28-13-19(14-31-23)16-3-5-22-18(10-16)12-26-8-9-30-22/h1-7,10-11,19,21,26,28H,8-9,12-15H2,(H,27,29). The second-order valence-corrected chi connectivity index (χ2v) is 8.39. The van der Waals surface area contributed by atoms with Crippen molar-refractivity contribution in [2.75, 3.05) is 43.5 Å². The van der Waals surface area contributed by atoms with E-state index in [2.05, 4.69) is 51.3 Å². The van der Waals surface area contributed by atoms with Crippen LogP contribution in [0.4, 0.5) is 11.5 Å². The topological polar surface area (TPSA) is 76.7 Å². The smallest absolute Gasteiger partial charge is 0.169 e. The van der Waals surface area contributed by atoms with Crippen molar-refractivity contribution in [1.82, 2.24) is 10.3 Å². The summed E-state index contributed by atoms with van der Waals surface area (Å²) in [5.41, 5.74) is 4.63. The number of hydrogen-bond donors (Lipinski definition) is 3. The molecule has 0 bridgehead atoms. The zero-order valence-electron chi connectivity index (χ0n) is 17.8. The summed E-state index contributed by atoms with van der Waals surface area (Å²) >= 11 is 0. The summed E-state index contributed by atoms with van der Waals surface area (Å²) in [7, 11) is 0. The molecule has 3 N–H and O–H groups in total. The summed E-state index contributed by atoms with van der Waals surface area (Å²) in [5, 5.41) is 10.5. The molecular formula is C25H26N4O3. The second kappa shape index (κ2) is 8.24. The van der Waals surface area contributed by atoms with Gasteiger partial charge in [0.25, 0.3) is 0 Å². The molecule has 3 aliphatic rings. The van der Waals surface area contributed by atoms with Crippen LogP contribution in [0.15, 0.2) is 54.7 Å². The fourth-order valence-corrected chi connectivity index (χ4v) is 4.49. The van der Waals surface area contributed by atoms with Gasteiger partial charge in [-0.3, -0.25) is 0 Å². The number of pyridine rings is 1. The van der Waals surface area contributed by atoms with Gasteiger partial charge in [0.15, 0.2) is 11.6 Å². The maximum absolute atomic E-state index is 6.21. The van der Waals surface area contributed by atoms with E-state index in [1.807, 2.05) is 18.2 Å². The Hall–Kier alpha value is -3.45. The Bertz CT molecular complexity index is 1140. The van der Waals surface area contributed by atoms with E-state index >= 15 is 0 Å². The van der Waals surface area contributed by atoms with Gasteiger partial charge in [0.05, 0.1) is 18.3 Å². The largest absolute Gasteiger partial charge is 0.492 e. The molecule has 32 heavy (non-hydrogen) atoms. The van der Waals surface area contributed by atoms with Gasteiger partial charge in [-0.2, -0.15) is 0 Å². The number of nitrogens with one attached hydrogen (secondary N) is 3.